The number of aliphatic imine (C=N–C) groups is 1. The number of rotatable bonds is 1. The Morgan fingerprint density at radius 1 is 1.57 bits per heavy atom. The molecule has 0 fully saturated rings. The summed E-state index contributed by atoms with van der Waals surface area (Å²) in [4.78, 5) is 12.5. The van der Waals surface area contributed by atoms with E-state index in [4.69, 9.17) is 0 Å². The molecular formula is C4H6NOW+. The van der Waals surface area contributed by atoms with Crippen molar-refractivity contribution in [3.8, 4) is 0 Å². The predicted octanol–water partition coefficient (Wildman–Crippen LogP) is 0.891. The fourth-order valence-corrected chi connectivity index (χ4v) is 0.0913. The first-order valence-electron chi connectivity index (χ1n) is 1.65. The average molecular weight is 268 g/mol. The standard InChI is InChI=1S/C4H6NO.W/c1-4(2)5-3-6;/h1-2H3;/q-1;+2. The minimum Gasteiger partial charge on any atom is -0.383 e. The van der Waals surface area contributed by atoms with Gasteiger partial charge in [-0.15, -0.1) is 6.04 Å². The summed E-state index contributed by atoms with van der Waals surface area (Å²) in [6.45, 7) is 3.48. The van der Waals surface area contributed by atoms with Crippen molar-refractivity contribution >= 4 is 6.08 Å². The smallest absolute Gasteiger partial charge is 0.383 e. The van der Waals surface area contributed by atoms with Gasteiger partial charge in [0.05, 0.1) is 0 Å². The second-order valence-corrected chi connectivity index (χ2v) is 1.15. The van der Waals surface area contributed by atoms with Crippen LogP contribution in [0.15, 0.2) is 4.99 Å². The molecule has 0 N–H and O–H groups in total. The summed E-state index contributed by atoms with van der Waals surface area (Å²) in [6.07, 6.45) is 1.41. The molecule has 0 atom stereocenters. The largest absolute Gasteiger partial charge is 2.00 e. The van der Waals surface area contributed by atoms with Gasteiger partial charge in [-0.1, -0.05) is 13.8 Å². The summed E-state index contributed by atoms with van der Waals surface area (Å²) < 4.78 is 0. The molecule has 0 aromatic heterocycles. The van der Waals surface area contributed by atoms with Crippen molar-refractivity contribution in [2.45, 2.75) is 13.8 Å². The zero-order chi connectivity index (χ0) is 4.99. The Kier molecular flexibility index (Phi) is 8.51. The Morgan fingerprint density at radius 3 is 2.00 bits per heavy atom. The van der Waals surface area contributed by atoms with E-state index in [1.54, 1.807) is 13.8 Å². The first kappa shape index (κ1) is 10.0. The first-order valence-corrected chi connectivity index (χ1v) is 1.65. The molecule has 38 valence electrons. The second-order valence-electron chi connectivity index (χ2n) is 1.15. The van der Waals surface area contributed by atoms with Crippen molar-refractivity contribution in [2.24, 2.45) is 4.99 Å². The molecule has 0 radical (unpaired) electrons. The Morgan fingerprint density at radius 2 is 2.00 bits per heavy atom. The van der Waals surface area contributed by atoms with Gasteiger partial charge in [-0.2, -0.15) is 0 Å². The molecule has 0 aromatic rings. The molecule has 0 bridgehead atoms. The fraction of sp³-hybridized carbons (Fsp3) is 0.500. The molecular weight excluding hydrogens is 262 g/mol. The molecule has 0 spiro atoms. The number of nitrogens with zero attached hydrogens (tertiary/aromatic N) is 1. The van der Waals surface area contributed by atoms with Crippen molar-refractivity contribution in [3.05, 3.63) is 6.04 Å². The molecule has 0 aliphatic carbocycles. The quantitative estimate of drug-likeness (QED) is 0.394. The summed E-state index contributed by atoms with van der Waals surface area (Å²) in [7, 11) is 0. The molecule has 0 saturated heterocycles. The molecule has 3 heteroatoms. The molecule has 0 unspecified atom stereocenters. The van der Waals surface area contributed by atoms with Gasteiger partial charge in [0.1, 0.15) is 0 Å². The van der Waals surface area contributed by atoms with Crippen molar-refractivity contribution in [2.75, 3.05) is 0 Å². The van der Waals surface area contributed by atoms with E-state index in [1.807, 2.05) is 0 Å². The summed E-state index contributed by atoms with van der Waals surface area (Å²) >= 11 is 0. The van der Waals surface area contributed by atoms with Crippen LogP contribution in [0.3, 0.4) is 0 Å². The number of hydrogen-bond donors (Lipinski definition) is 0. The average Bonchev–Trinajstić information content (AvgIpc) is 1.35. The normalized spacial score (nSPS) is 5.43. The van der Waals surface area contributed by atoms with E-state index < -0.39 is 0 Å². The third-order valence-corrected chi connectivity index (χ3v) is 0.269. The van der Waals surface area contributed by atoms with E-state index in [0.717, 1.165) is 6.04 Å². The van der Waals surface area contributed by atoms with Crippen LogP contribution in [0, 0.1) is 6.04 Å². The van der Waals surface area contributed by atoms with Crippen LogP contribution in [-0.4, -0.2) is 6.08 Å². The van der Waals surface area contributed by atoms with E-state index >= 15 is 0 Å². The number of hydrogen-bond acceptors (Lipinski definition) is 2. The van der Waals surface area contributed by atoms with Crippen molar-refractivity contribution in [1.82, 2.24) is 0 Å². The SMILES string of the molecule is C[C-](C)N=C=O.[W+2]. The Labute approximate surface area is 57.3 Å². The van der Waals surface area contributed by atoms with Crippen LogP contribution in [-0.2, 0) is 25.9 Å². The van der Waals surface area contributed by atoms with Crippen LogP contribution in [0.25, 0.3) is 0 Å². The Bertz CT molecular complexity index is 75.8. The van der Waals surface area contributed by atoms with Crippen LogP contribution in [0.1, 0.15) is 13.8 Å². The molecule has 7 heavy (non-hydrogen) atoms. The van der Waals surface area contributed by atoms with Gasteiger partial charge in [0, 0.05) is 0 Å². The van der Waals surface area contributed by atoms with Gasteiger partial charge in [-0.05, 0) is 6.08 Å². The molecule has 0 aliphatic heterocycles. The third-order valence-electron chi connectivity index (χ3n) is 0.269. The zero-order valence-electron chi connectivity index (χ0n) is 4.26. The van der Waals surface area contributed by atoms with Gasteiger partial charge in [-0.3, -0.25) is 0 Å². The van der Waals surface area contributed by atoms with E-state index in [2.05, 4.69) is 4.99 Å². The number of carbonyl (C=O) groups excluding carboxylic acids is 1. The molecule has 0 heterocycles. The molecule has 0 aromatic carbocycles. The fourth-order valence-electron chi connectivity index (χ4n) is 0.0913. The summed E-state index contributed by atoms with van der Waals surface area (Å²) in [5.74, 6) is 0. The molecule has 0 amide bonds. The Hall–Kier alpha value is -0.0617. The van der Waals surface area contributed by atoms with Crippen LogP contribution >= 0.6 is 0 Å². The van der Waals surface area contributed by atoms with Gasteiger partial charge in [0.2, 0.25) is 0 Å². The van der Waals surface area contributed by atoms with Crippen LogP contribution in [0.4, 0.5) is 0 Å². The summed E-state index contributed by atoms with van der Waals surface area (Å²) in [5.41, 5.74) is 0. The van der Waals surface area contributed by atoms with E-state index in [-0.39, 0.29) is 21.1 Å². The maximum atomic E-state index is 9.30. The van der Waals surface area contributed by atoms with Gasteiger partial charge < -0.3 is 9.79 Å². The predicted molar refractivity (Wildman–Crippen MR) is 22.7 cm³/mol. The van der Waals surface area contributed by atoms with E-state index in [0.29, 0.717) is 0 Å². The molecule has 2 nitrogen and oxygen atoms in total. The van der Waals surface area contributed by atoms with Gasteiger partial charge >= 0.3 is 21.1 Å². The topological polar surface area (TPSA) is 29.4 Å². The van der Waals surface area contributed by atoms with Gasteiger partial charge in [0.15, 0.2) is 0 Å². The van der Waals surface area contributed by atoms with E-state index in [9.17, 15) is 4.79 Å². The first-order chi connectivity index (χ1) is 2.77. The van der Waals surface area contributed by atoms with Crippen LogP contribution in [0.2, 0.25) is 0 Å². The number of isocyanates is 1. The van der Waals surface area contributed by atoms with Crippen molar-refractivity contribution in [1.29, 1.82) is 0 Å². The summed E-state index contributed by atoms with van der Waals surface area (Å²) in [5, 5.41) is 0. The monoisotopic (exact) mass is 268 g/mol. The van der Waals surface area contributed by atoms with Crippen molar-refractivity contribution < 1.29 is 25.9 Å². The minimum atomic E-state index is 0. The minimum absolute atomic E-state index is 0. The summed E-state index contributed by atoms with van der Waals surface area (Å²) in [6, 6.07) is 0.741. The molecule has 0 aliphatic rings. The van der Waals surface area contributed by atoms with Gasteiger partial charge in [0.25, 0.3) is 0 Å². The zero-order valence-corrected chi connectivity index (χ0v) is 7.20. The van der Waals surface area contributed by atoms with Crippen LogP contribution in [0.5, 0.6) is 0 Å². The van der Waals surface area contributed by atoms with Crippen LogP contribution < -0.4 is 0 Å². The van der Waals surface area contributed by atoms with E-state index in [1.165, 1.54) is 6.08 Å². The maximum Gasteiger partial charge on any atom is 2.00 e. The van der Waals surface area contributed by atoms with Gasteiger partial charge in [-0.25, -0.2) is 0 Å². The second kappa shape index (κ2) is 5.94. The maximum absolute atomic E-state index is 9.30. The molecule has 0 rings (SSSR count). The third kappa shape index (κ3) is 10.7. The Balaban J connectivity index is 0. The van der Waals surface area contributed by atoms with Crippen molar-refractivity contribution in [3.63, 3.8) is 0 Å². The molecule has 0 saturated carbocycles.